The largest absolute Gasteiger partial charge is 0.461 e. The lowest BCUT2D eigenvalue weighted by molar-refractivity contribution is -0.138. The number of carbonyl (C=O) groups is 1. The first-order valence-corrected chi connectivity index (χ1v) is 8.53. The number of thioether (sulfide) groups is 2. The predicted octanol–water partition coefficient (Wildman–Crippen LogP) is 3.77. The van der Waals surface area contributed by atoms with Gasteiger partial charge in [0.15, 0.2) is 0 Å². The van der Waals surface area contributed by atoms with Gasteiger partial charge in [-0.25, -0.2) is 4.79 Å². The fourth-order valence-corrected chi connectivity index (χ4v) is 3.22. The van der Waals surface area contributed by atoms with Crippen LogP contribution < -0.4 is 0 Å². The molecular formula is C15H20O2S2. The Bertz CT molecular complexity index is 390. The summed E-state index contributed by atoms with van der Waals surface area (Å²) in [5.41, 5.74) is 1.83. The van der Waals surface area contributed by atoms with Crippen molar-refractivity contribution in [1.82, 2.24) is 0 Å². The van der Waals surface area contributed by atoms with Crippen LogP contribution in [0, 0.1) is 0 Å². The molecule has 0 heterocycles. The first-order valence-electron chi connectivity index (χ1n) is 6.22. The Hall–Kier alpha value is -0.870. The van der Waals surface area contributed by atoms with Gasteiger partial charge in [0.2, 0.25) is 0 Å². The SMILES string of the molecule is C=C(C)C(=O)OCCSCCSCc1ccccc1. The molecule has 0 unspecified atom stereocenters. The second kappa shape index (κ2) is 9.98. The fourth-order valence-electron chi connectivity index (χ4n) is 1.30. The van der Waals surface area contributed by atoms with Crippen molar-refractivity contribution in [1.29, 1.82) is 0 Å². The normalized spacial score (nSPS) is 10.2. The highest BCUT2D eigenvalue weighted by Crippen LogP contribution is 2.13. The van der Waals surface area contributed by atoms with Gasteiger partial charge < -0.3 is 4.74 Å². The summed E-state index contributed by atoms with van der Waals surface area (Å²) in [6, 6.07) is 10.5. The van der Waals surface area contributed by atoms with Crippen LogP contribution in [0.5, 0.6) is 0 Å². The van der Waals surface area contributed by atoms with Crippen molar-refractivity contribution in [3.8, 4) is 0 Å². The fraction of sp³-hybridized carbons (Fsp3) is 0.400. The van der Waals surface area contributed by atoms with Gasteiger partial charge in [0.05, 0.1) is 0 Å². The average Bonchev–Trinajstić information content (AvgIpc) is 2.42. The summed E-state index contributed by atoms with van der Waals surface area (Å²) in [5, 5.41) is 0. The van der Waals surface area contributed by atoms with E-state index in [9.17, 15) is 4.79 Å². The monoisotopic (exact) mass is 296 g/mol. The first kappa shape index (κ1) is 16.2. The number of hydrogen-bond acceptors (Lipinski definition) is 4. The molecule has 0 bridgehead atoms. The van der Waals surface area contributed by atoms with E-state index >= 15 is 0 Å². The molecule has 0 radical (unpaired) electrons. The summed E-state index contributed by atoms with van der Waals surface area (Å²) < 4.78 is 5.01. The Labute approximate surface area is 124 Å². The second-order valence-electron chi connectivity index (χ2n) is 4.07. The minimum Gasteiger partial charge on any atom is -0.461 e. The Morgan fingerprint density at radius 1 is 1.16 bits per heavy atom. The Kier molecular flexibility index (Phi) is 8.50. The maximum absolute atomic E-state index is 11.1. The summed E-state index contributed by atoms with van der Waals surface area (Å²) in [5.74, 6) is 3.83. The van der Waals surface area contributed by atoms with Gasteiger partial charge in [-0.1, -0.05) is 36.9 Å². The Balaban J connectivity index is 1.92. The summed E-state index contributed by atoms with van der Waals surface area (Å²) >= 11 is 3.75. The summed E-state index contributed by atoms with van der Waals surface area (Å²) in [6.45, 7) is 5.67. The van der Waals surface area contributed by atoms with Gasteiger partial charge in [0.1, 0.15) is 6.61 Å². The summed E-state index contributed by atoms with van der Waals surface area (Å²) in [7, 11) is 0. The lowest BCUT2D eigenvalue weighted by Crippen LogP contribution is -2.08. The second-order valence-corrected chi connectivity index (χ2v) is 6.40. The van der Waals surface area contributed by atoms with Crippen molar-refractivity contribution in [3.05, 3.63) is 48.0 Å². The zero-order valence-electron chi connectivity index (χ0n) is 11.3. The molecule has 1 aromatic carbocycles. The van der Waals surface area contributed by atoms with E-state index in [0.29, 0.717) is 12.2 Å². The van der Waals surface area contributed by atoms with Crippen LogP contribution in [0.3, 0.4) is 0 Å². The van der Waals surface area contributed by atoms with Crippen molar-refractivity contribution in [2.45, 2.75) is 12.7 Å². The molecule has 0 saturated heterocycles. The molecule has 0 aliphatic rings. The maximum atomic E-state index is 11.1. The zero-order chi connectivity index (χ0) is 13.9. The molecule has 2 nitrogen and oxygen atoms in total. The van der Waals surface area contributed by atoms with E-state index in [1.54, 1.807) is 6.92 Å². The van der Waals surface area contributed by atoms with Crippen LogP contribution >= 0.6 is 23.5 Å². The Morgan fingerprint density at radius 2 is 1.84 bits per heavy atom. The molecule has 19 heavy (non-hydrogen) atoms. The number of benzene rings is 1. The third kappa shape index (κ3) is 8.01. The molecule has 0 N–H and O–H groups in total. The molecule has 0 spiro atoms. The molecular weight excluding hydrogens is 276 g/mol. The van der Waals surface area contributed by atoms with Gasteiger partial charge >= 0.3 is 5.97 Å². The molecule has 104 valence electrons. The van der Waals surface area contributed by atoms with E-state index < -0.39 is 0 Å². The van der Waals surface area contributed by atoms with Crippen LogP contribution in [0.2, 0.25) is 0 Å². The summed E-state index contributed by atoms with van der Waals surface area (Å²) in [6.07, 6.45) is 0. The standard InChI is InChI=1S/C15H20O2S2/c1-13(2)15(16)17-8-9-18-10-11-19-12-14-6-4-3-5-7-14/h3-7H,1,8-12H2,2H3. The van der Waals surface area contributed by atoms with Crippen molar-refractivity contribution in [2.75, 3.05) is 23.9 Å². The van der Waals surface area contributed by atoms with E-state index in [1.165, 1.54) is 5.56 Å². The third-order valence-electron chi connectivity index (χ3n) is 2.29. The lowest BCUT2D eigenvalue weighted by atomic mass is 10.2. The van der Waals surface area contributed by atoms with Gasteiger partial charge in [-0.15, -0.1) is 0 Å². The van der Waals surface area contributed by atoms with Gasteiger partial charge in [0.25, 0.3) is 0 Å². The van der Waals surface area contributed by atoms with Crippen LogP contribution in [0.25, 0.3) is 0 Å². The smallest absolute Gasteiger partial charge is 0.333 e. The lowest BCUT2D eigenvalue weighted by Gasteiger charge is -2.04. The van der Waals surface area contributed by atoms with Crippen molar-refractivity contribution in [2.24, 2.45) is 0 Å². The molecule has 0 atom stereocenters. The van der Waals surface area contributed by atoms with E-state index in [1.807, 2.05) is 29.6 Å². The zero-order valence-corrected chi connectivity index (χ0v) is 12.9. The maximum Gasteiger partial charge on any atom is 0.333 e. The third-order valence-corrected chi connectivity index (χ3v) is 4.53. The predicted molar refractivity (Wildman–Crippen MR) is 85.7 cm³/mol. The topological polar surface area (TPSA) is 26.3 Å². The van der Waals surface area contributed by atoms with E-state index in [0.717, 1.165) is 23.0 Å². The average molecular weight is 296 g/mol. The number of rotatable bonds is 9. The molecule has 0 aromatic heterocycles. The molecule has 0 fully saturated rings. The Morgan fingerprint density at radius 3 is 2.53 bits per heavy atom. The molecule has 0 aliphatic heterocycles. The van der Waals surface area contributed by atoms with Crippen LogP contribution in [0.15, 0.2) is 42.5 Å². The van der Waals surface area contributed by atoms with E-state index in [2.05, 4.69) is 30.8 Å². The number of ether oxygens (including phenoxy) is 1. The quantitative estimate of drug-likeness (QED) is 0.394. The van der Waals surface area contributed by atoms with Crippen molar-refractivity contribution < 1.29 is 9.53 Å². The molecule has 0 aliphatic carbocycles. The molecule has 4 heteroatoms. The first-order chi connectivity index (χ1) is 9.20. The van der Waals surface area contributed by atoms with Gasteiger partial charge in [-0.05, 0) is 12.5 Å². The number of hydrogen-bond donors (Lipinski definition) is 0. The molecule has 1 rings (SSSR count). The summed E-state index contributed by atoms with van der Waals surface area (Å²) in [4.78, 5) is 11.1. The highest BCUT2D eigenvalue weighted by Gasteiger charge is 2.01. The van der Waals surface area contributed by atoms with Crippen LogP contribution in [0.1, 0.15) is 12.5 Å². The highest BCUT2D eigenvalue weighted by atomic mass is 32.2. The number of esters is 1. The molecule has 0 amide bonds. The van der Waals surface area contributed by atoms with Gasteiger partial charge in [0, 0.05) is 28.6 Å². The molecule has 1 aromatic rings. The van der Waals surface area contributed by atoms with Crippen molar-refractivity contribution in [3.63, 3.8) is 0 Å². The minimum atomic E-state index is -0.293. The van der Waals surface area contributed by atoms with E-state index in [4.69, 9.17) is 4.74 Å². The van der Waals surface area contributed by atoms with Crippen LogP contribution in [0.4, 0.5) is 0 Å². The van der Waals surface area contributed by atoms with Crippen LogP contribution in [-0.2, 0) is 15.3 Å². The van der Waals surface area contributed by atoms with Gasteiger partial charge in [-0.2, -0.15) is 23.5 Å². The number of carbonyl (C=O) groups excluding carboxylic acids is 1. The van der Waals surface area contributed by atoms with Crippen LogP contribution in [-0.4, -0.2) is 29.8 Å². The van der Waals surface area contributed by atoms with E-state index in [-0.39, 0.29) is 5.97 Å². The highest BCUT2D eigenvalue weighted by molar-refractivity contribution is 8.02. The molecule has 0 saturated carbocycles. The van der Waals surface area contributed by atoms with Gasteiger partial charge in [-0.3, -0.25) is 0 Å². The van der Waals surface area contributed by atoms with Crippen molar-refractivity contribution >= 4 is 29.5 Å². The minimum absolute atomic E-state index is 0.293.